The number of amides is 2. The first-order valence-corrected chi connectivity index (χ1v) is 11.6. The van der Waals surface area contributed by atoms with E-state index >= 15 is 0 Å². The summed E-state index contributed by atoms with van der Waals surface area (Å²) in [6.07, 6.45) is 0. The highest BCUT2D eigenvalue weighted by molar-refractivity contribution is 6.04. The number of rotatable bonds is 1. The zero-order valence-corrected chi connectivity index (χ0v) is 23.5. The van der Waals surface area contributed by atoms with Gasteiger partial charge >= 0.3 is 5.97 Å². The summed E-state index contributed by atoms with van der Waals surface area (Å²) >= 11 is 0. The zero-order valence-electron chi connectivity index (χ0n) is 23.5. The summed E-state index contributed by atoms with van der Waals surface area (Å²) in [5, 5.41) is 0. The molecule has 2 amide bonds. The number of piperazine rings is 1. The Hall–Kier alpha value is -1.59. The van der Waals surface area contributed by atoms with Gasteiger partial charge in [-0.3, -0.25) is 19.3 Å². The molecule has 2 atom stereocenters. The lowest BCUT2D eigenvalue weighted by atomic mass is 9.65. The largest absolute Gasteiger partial charge is 0.428 e. The smallest absolute Gasteiger partial charge is 0.313 e. The highest BCUT2D eigenvalue weighted by Gasteiger charge is 2.73. The SMILES string of the molecule is CC(C)(C)C(=O)OC1(C(C)(C)C)C(=O)N(C(C)(C)C)C(C)(C(C)(C)C)C(=O)N1C(C)(C)C. The maximum Gasteiger partial charge on any atom is 0.313 e. The second-order valence-electron chi connectivity index (χ2n) is 14.5. The number of hydrogen-bond acceptors (Lipinski definition) is 4. The summed E-state index contributed by atoms with van der Waals surface area (Å²) < 4.78 is 6.24. The van der Waals surface area contributed by atoms with Crippen LogP contribution in [-0.4, -0.2) is 49.9 Å². The lowest BCUT2D eigenvalue weighted by Gasteiger charge is -2.67. The zero-order chi connectivity index (χ0) is 26.1. The van der Waals surface area contributed by atoms with Crippen LogP contribution < -0.4 is 0 Å². The second-order valence-corrected chi connectivity index (χ2v) is 14.5. The monoisotopic (exact) mass is 452 g/mol. The van der Waals surface area contributed by atoms with E-state index in [-0.39, 0.29) is 11.8 Å². The molecule has 1 saturated heterocycles. The maximum atomic E-state index is 14.7. The molecular formula is C26H48N2O4. The Morgan fingerprint density at radius 1 is 0.656 bits per heavy atom. The molecule has 0 N–H and O–H groups in total. The number of nitrogens with zero attached hydrogens (tertiary/aromatic N) is 2. The minimum absolute atomic E-state index is 0.219. The molecule has 2 unspecified atom stereocenters. The molecule has 0 radical (unpaired) electrons. The van der Waals surface area contributed by atoms with Gasteiger partial charge in [0.05, 0.1) is 5.41 Å². The van der Waals surface area contributed by atoms with Crippen molar-refractivity contribution in [3.63, 3.8) is 0 Å². The molecule has 0 aromatic heterocycles. The van der Waals surface area contributed by atoms with E-state index in [1.165, 1.54) is 0 Å². The van der Waals surface area contributed by atoms with Gasteiger partial charge in [0.15, 0.2) is 0 Å². The van der Waals surface area contributed by atoms with E-state index in [9.17, 15) is 14.4 Å². The normalized spacial score (nSPS) is 26.5. The molecule has 6 heteroatoms. The Bertz CT molecular complexity index is 781. The van der Waals surface area contributed by atoms with Crippen molar-refractivity contribution in [3.05, 3.63) is 0 Å². The molecule has 0 spiro atoms. The van der Waals surface area contributed by atoms with E-state index in [1.54, 1.807) is 30.6 Å². The lowest BCUT2D eigenvalue weighted by molar-refractivity contribution is -0.266. The fraction of sp³-hybridized carbons (Fsp3) is 0.885. The number of hydrogen-bond donors (Lipinski definition) is 0. The van der Waals surface area contributed by atoms with Crippen molar-refractivity contribution in [2.45, 2.75) is 133 Å². The van der Waals surface area contributed by atoms with Crippen LogP contribution in [-0.2, 0) is 19.1 Å². The van der Waals surface area contributed by atoms with Crippen molar-refractivity contribution in [3.8, 4) is 0 Å². The number of carbonyl (C=O) groups is 3. The molecule has 1 rings (SSSR count). The third-order valence-electron chi connectivity index (χ3n) is 6.55. The molecule has 1 aliphatic heterocycles. The first-order chi connectivity index (χ1) is 13.7. The first-order valence-electron chi connectivity index (χ1n) is 11.6. The van der Waals surface area contributed by atoms with Gasteiger partial charge in [0.1, 0.15) is 5.54 Å². The van der Waals surface area contributed by atoms with Gasteiger partial charge in [-0.25, -0.2) is 0 Å². The molecule has 186 valence electrons. The molecule has 1 aliphatic rings. The summed E-state index contributed by atoms with van der Waals surface area (Å²) in [7, 11) is 0. The molecular weight excluding hydrogens is 404 g/mol. The lowest BCUT2D eigenvalue weighted by Crippen LogP contribution is -2.86. The Labute approximate surface area is 196 Å². The Morgan fingerprint density at radius 2 is 1.03 bits per heavy atom. The van der Waals surface area contributed by atoms with E-state index in [2.05, 4.69) is 0 Å². The summed E-state index contributed by atoms with van der Waals surface area (Å²) in [5.41, 5.74) is -6.74. The number of esters is 1. The highest BCUT2D eigenvalue weighted by Crippen LogP contribution is 2.54. The Balaban J connectivity index is 4.23. The van der Waals surface area contributed by atoms with E-state index < -0.39 is 44.6 Å². The fourth-order valence-electron chi connectivity index (χ4n) is 4.50. The summed E-state index contributed by atoms with van der Waals surface area (Å²) in [5.74, 6) is -1.10. The van der Waals surface area contributed by atoms with Crippen LogP contribution in [0.4, 0.5) is 0 Å². The van der Waals surface area contributed by atoms with Crippen LogP contribution in [0.3, 0.4) is 0 Å². The minimum Gasteiger partial charge on any atom is -0.428 e. The van der Waals surface area contributed by atoms with Crippen LogP contribution in [0.5, 0.6) is 0 Å². The van der Waals surface area contributed by atoms with E-state index in [1.807, 2.05) is 90.0 Å². The molecule has 0 bridgehead atoms. The van der Waals surface area contributed by atoms with Gasteiger partial charge in [0.2, 0.25) is 0 Å². The van der Waals surface area contributed by atoms with Gasteiger partial charge < -0.3 is 9.64 Å². The summed E-state index contributed by atoms with van der Waals surface area (Å²) in [6, 6.07) is 0. The third kappa shape index (κ3) is 4.19. The molecule has 0 saturated carbocycles. The van der Waals surface area contributed by atoms with E-state index in [4.69, 9.17) is 4.74 Å². The van der Waals surface area contributed by atoms with Crippen LogP contribution in [0.2, 0.25) is 0 Å². The van der Waals surface area contributed by atoms with Gasteiger partial charge in [0.25, 0.3) is 17.5 Å². The second kappa shape index (κ2) is 7.46. The molecule has 1 heterocycles. The van der Waals surface area contributed by atoms with Gasteiger partial charge in [-0.2, -0.15) is 0 Å². The van der Waals surface area contributed by atoms with Crippen LogP contribution >= 0.6 is 0 Å². The van der Waals surface area contributed by atoms with Crippen molar-refractivity contribution in [1.29, 1.82) is 0 Å². The minimum atomic E-state index is -1.80. The third-order valence-corrected chi connectivity index (χ3v) is 6.55. The van der Waals surface area contributed by atoms with E-state index in [0.29, 0.717) is 0 Å². The quantitative estimate of drug-likeness (QED) is 0.500. The van der Waals surface area contributed by atoms with E-state index in [0.717, 1.165) is 0 Å². The van der Waals surface area contributed by atoms with Gasteiger partial charge in [-0.15, -0.1) is 0 Å². The van der Waals surface area contributed by atoms with Crippen molar-refractivity contribution in [2.75, 3.05) is 0 Å². The van der Waals surface area contributed by atoms with Crippen molar-refractivity contribution in [2.24, 2.45) is 16.2 Å². The molecule has 0 aromatic carbocycles. The first kappa shape index (κ1) is 28.4. The topological polar surface area (TPSA) is 66.9 Å². The average molecular weight is 453 g/mol. The summed E-state index contributed by atoms with van der Waals surface area (Å²) in [6.45, 7) is 30.0. The van der Waals surface area contributed by atoms with Crippen LogP contribution in [0.15, 0.2) is 0 Å². The standard InChI is InChI=1S/C26H48N2O4/c1-20(2,3)19(31)32-26(22(7,8)9)18(30)27(23(10,11)12)25(16,21(4,5)6)17(29)28(26)24(13,14)15/h1-16H3. The van der Waals surface area contributed by atoms with Crippen LogP contribution in [0.25, 0.3) is 0 Å². The average Bonchev–Trinajstić information content (AvgIpc) is 2.46. The van der Waals surface area contributed by atoms with Crippen molar-refractivity contribution >= 4 is 17.8 Å². The molecule has 0 aromatic rings. The molecule has 32 heavy (non-hydrogen) atoms. The number of ether oxygens (including phenoxy) is 1. The molecule has 6 nitrogen and oxygen atoms in total. The van der Waals surface area contributed by atoms with Crippen LogP contribution in [0.1, 0.15) is 111 Å². The predicted octanol–water partition coefficient (Wildman–Crippen LogP) is 5.39. The van der Waals surface area contributed by atoms with Gasteiger partial charge in [0, 0.05) is 16.5 Å². The molecule has 0 aliphatic carbocycles. The van der Waals surface area contributed by atoms with Crippen LogP contribution in [0, 0.1) is 16.2 Å². The van der Waals surface area contributed by atoms with Crippen molar-refractivity contribution < 1.29 is 19.1 Å². The molecule has 1 fully saturated rings. The Morgan fingerprint density at radius 3 is 1.28 bits per heavy atom. The van der Waals surface area contributed by atoms with Crippen molar-refractivity contribution in [1.82, 2.24) is 9.80 Å². The Kier molecular flexibility index (Phi) is 6.63. The predicted molar refractivity (Wildman–Crippen MR) is 129 cm³/mol. The van der Waals surface area contributed by atoms with Gasteiger partial charge in [-0.1, -0.05) is 41.5 Å². The van der Waals surface area contributed by atoms with Gasteiger partial charge in [-0.05, 0) is 74.7 Å². The number of carbonyl (C=O) groups excluding carboxylic acids is 3. The summed E-state index contributed by atoms with van der Waals surface area (Å²) in [4.78, 5) is 45.8. The highest BCUT2D eigenvalue weighted by atomic mass is 16.6. The fourth-order valence-corrected chi connectivity index (χ4v) is 4.50. The maximum absolute atomic E-state index is 14.7.